The van der Waals surface area contributed by atoms with Crippen molar-refractivity contribution in [1.29, 1.82) is 0 Å². The van der Waals surface area contributed by atoms with E-state index in [-0.39, 0.29) is 12.5 Å². The Labute approximate surface area is 108 Å². The fraction of sp³-hybridized carbons (Fsp3) is 0.364. The van der Waals surface area contributed by atoms with E-state index in [1.54, 1.807) is 12.3 Å². The molecule has 1 heterocycles. The highest BCUT2D eigenvalue weighted by atomic mass is 32.1. The van der Waals surface area contributed by atoms with E-state index in [0.717, 1.165) is 5.56 Å². The number of carbonyl (C=O) groups excluding carboxylic acids is 3. The second kappa shape index (κ2) is 6.15. The lowest BCUT2D eigenvalue weighted by Gasteiger charge is -2.07. The van der Waals surface area contributed by atoms with Crippen molar-refractivity contribution in [3.05, 3.63) is 15.8 Å². The van der Waals surface area contributed by atoms with Gasteiger partial charge in [0.2, 0.25) is 11.8 Å². The van der Waals surface area contributed by atoms with Crippen LogP contribution in [0.2, 0.25) is 0 Å². The van der Waals surface area contributed by atoms with Crippen molar-refractivity contribution in [2.45, 2.75) is 13.8 Å². The summed E-state index contributed by atoms with van der Waals surface area (Å²) >= 11 is 1.20. The summed E-state index contributed by atoms with van der Waals surface area (Å²) in [6.45, 7) is 2.96. The predicted octanol–water partition coefficient (Wildman–Crippen LogP) is 0.918. The minimum atomic E-state index is -0.497. The molecule has 6 nitrogen and oxygen atoms in total. The van der Waals surface area contributed by atoms with Gasteiger partial charge in [-0.1, -0.05) is 0 Å². The van der Waals surface area contributed by atoms with Crippen LogP contribution in [0.25, 0.3) is 0 Å². The van der Waals surface area contributed by atoms with Crippen molar-refractivity contribution >= 4 is 34.8 Å². The summed E-state index contributed by atoms with van der Waals surface area (Å²) < 4.78 is 4.62. The predicted molar refractivity (Wildman–Crippen MR) is 67.7 cm³/mol. The zero-order valence-electron chi connectivity index (χ0n) is 10.3. The average molecular weight is 270 g/mol. The average Bonchev–Trinajstić information content (AvgIpc) is 2.68. The summed E-state index contributed by atoms with van der Waals surface area (Å²) in [6, 6.07) is 0. The van der Waals surface area contributed by atoms with Gasteiger partial charge in [-0.15, -0.1) is 11.3 Å². The molecule has 18 heavy (non-hydrogen) atoms. The highest BCUT2D eigenvalue weighted by Crippen LogP contribution is 2.28. The largest absolute Gasteiger partial charge is 0.465 e. The van der Waals surface area contributed by atoms with Gasteiger partial charge in [-0.3, -0.25) is 9.59 Å². The van der Waals surface area contributed by atoms with Crippen LogP contribution in [-0.2, 0) is 14.3 Å². The van der Waals surface area contributed by atoms with Crippen LogP contribution < -0.4 is 10.6 Å². The molecule has 1 aromatic heterocycles. The number of thiophene rings is 1. The fourth-order valence-electron chi connectivity index (χ4n) is 1.23. The molecule has 7 heteroatoms. The van der Waals surface area contributed by atoms with Gasteiger partial charge in [0.25, 0.3) is 0 Å². The van der Waals surface area contributed by atoms with Gasteiger partial charge in [0, 0.05) is 6.92 Å². The van der Waals surface area contributed by atoms with Gasteiger partial charge in [-0.2, -0.15) is 0 Å². The van der Waals surface area contributed by atoms with E-state index in [2.05, 4.69) is 15.4 Å². The lowest BCUT2D eigenvalue weighted by Crippen LogP contribution is -2.31. The van der Waals surface area contributed by atoms with Crippen LogP contribution in [0.1, 0.15) is 22.2 Å². The number of hydrogen-bond donors (Lipinski definition) is 2. The van der Waals surface area contributed by atoms with Gasteiger partial charge in [-0.25, -0.2) is 4.79 Å². The first-order chi connectivity index (χ1) is 8.45. The molecule has 0 radical (unpaired) electrons. The Morgan fingerprint density at radius 3 is 2.61 bits per heavy atom. The molecule has 0 aliphatic carbocycles. The van der Waals surface area contributed by atoms with E-state index >= 15 is 0 Å². The van der Waals surface area contributed by atoms with Crippen molar-refractivity contribution in [2.75, 3.05) is 19.0 Å². The van der Waals surface area contributed by atoms with Crippen molar-refractivity contribution in [3.63, 3.8) is 0 Å². The highest BCUT2D eigenvalue weighted by Gasteiger charge is 2.18. The summed E-state index contributed by atoms with van der Waals surface area (Å²) in [6.07, 6.45) is 0. The van der Waals surface area contributed by atoms with Gasteiger partial charge in [0.15, 0.2) is 0 Å². The van der Waals surface area contributed by atoms with Crippen LogP contribution >= 0.6 is 11.3 Å². The second-order valence-corrected chi connectivity index (χ2v) is 4.45. The monoisotopic (exact) mass is 270 g/mol. The Morgan fingerprint density at radius 2 is 2.06 bits per heavy atom. The molecule has 2 N–H and O–H groups in total. The SMILES string of the molecule is COC(=O)c1scc(C)c1NC(=O)CNC(C)=O. The number of methoxy groups -OCH3 is 1. The molecule has 0 aliphatic rings. The first-order valence-corrected chi connectivity index (χ1v) is 6.04. The van der Waals surface area contributed by atoms with Gasteiger partial charge < -0.3 is 15.4 Å². The lowest BCUT2D eigenvalue weighted by molar-refractivity contribution is -0.122. The molecule has 0 atom stereocenters. The van der Waals surface area contributed by atoms with Crippen LogP contribution in [-0.4, -0.2) is 31.4 Å². The quantitative estimate of drug-likeness (QED) is 0.797. The normalized spacial score (nSPS) is 9.72. The molecule has 0 saturated carbocycles. The summed E-state index contributed by atoms with van der Waals surface area (Å²) in [7, 11) is 1.28. The molecule has 0 aromatic carbocycles. The molecule has 0 fully saturated rings. The Hall–Kier alpha value is -1.89. The Kier molecular flexibility index (Phi) is 4.85. The molecule has 0 saturated heterocycles. The Bertz CT molecular complexity index is 481. The van der Waals surface area contributed by atoms with Gasteiger partial charge in [0.05, 0.1) is 19.3 Å². The number of anilines is 1. The zero-order chi connectivity index (χ0) is 13.7. The van der Waals surface area contributed by atoms with Gasteiger partial charge in [0.1, 0.15) is 4.88 Å². The summed E-state index contributed by atoms with van der Waals surface area (Å²) in [4.78, 5) is 34.0. The molecule has 1 rings (SSSR count). The topological polar surface area (TPSA) is 84.5 Å². The second-order valence-electron chi connectivity index (χ2n) is 3.57. The van der Waals surface area contributed by atoms with E-state index in [0.29, 0.717) is 10.6 Å². The van der Waals surface area contributed by atoms with E-state index in [9.17, 15) is 14.4 Å². The third-order valence-corrected chi connectivity index (χ3v) is 3.19. The number of esters is 1. The summed E-state index contributed by atoms with van der Waals surface area (Å²) in [5.74, 6) is -1.18. The first-order valence-electron chi connectivity index (χ1n) is 5.16. The minimum Gasteiger partial charge on any atom is -0.465 e. The Balaban J connectivity index is 2.77. The number of nitrogens with one attached hydrogen (secondary N) is 2. The summed E-state index contributed by atoms with van der Waals surface area (Å²) in [5.41, 5.74) is 1.21. The first kappa shape index (κ1) is 14.2. The number of amides is 2. The standard InChI is InChI=1S/C11H14N2O4S/c1-6-5-18-10(11(16)17-3)9(6)13-8(15)4-12-7(2)14/h5H,4H2,1-3H3,(H,12,14)(H,13,15). The maximum Gasteiger partial charge on any atom is 0.350 e. The third kappa shape index (κ3) is 3.56. The maximum absolute atomic E-state index is 11.6. The highest BCUT2D eigenvalue weighted by molar-refractivity contribution is 7.12. The van der Waals surface area contributed by atoms with E-state index in [4.69, 9.17) is 0 Å². The molecular weight excluding hydrogens is 256 g/mol. The molecule has 0 unspecified atom stereocenters. The van der Waals surface area contributed by atoms with E-state index in [1.807, 2.05) is 0 Å². The van der Waals surface area contributed by atoms with E-state index in [1.165, 1.54) is 25.4 Å². The maximum atomic E-state index is 11.6. The molecule has 98 valence electrons. The van der Waals surface area contributed by atoms with Crippen LogP contribution in [0.5, 0.6) is 0 Å². The van der Waals surface area contributed by atoms with Gasteiger partial charge >= 0.3 is 5.97 Å². The fourth-order valence-corrected chi connectivity index (χ4v) is 2.15. The summed E-state index contributed by atoms with van der Waals surface area (Å²) in [5, 5.41) is 6.71. The minimum absolute atomic E-state index is 0.134. The van der Waals surface area contributed by atoms with E-state index < -0.39 is 11.9 Å². The van der Waals surface area contributed by atoms with Crippen molar-refractivity contribution in [3.8, 4) is 0 Å². The van der Waals surface area contributed by atoms with Crippen LogP contribution in [0.3, 0.4) is 0 Å². The van der Waals surface area contributed by atoms with Crippen LogP contribution in [0, 0.1) is 6.92 Å². The molecule has 2 amide bonds. The Morgan fingerprint density at radius 1 is 1.39 bits per heavy atom. The molecule has 0 spiro atoms. The van der Waals surface area contributed by atoms with Crippen molar-refractivity contribution in [2.24, 2.45) is 0 Å². The number of ether oxygens (including phenoxy) is 1. The molecular formula is C11H14N2O4S. The molecule has 0 bridgehead atoms. The number of carbonyl (C=O) groups is 3. The van der Waals surface area contributed by atoms with Crippen molar-refractivity contribution < 1.29 is 19.1 Å². The van der Waals surface area contributed by atoms with Crippen LogP contribution in [0.15, 0.2) is 5.38 Å². The zero-order valence-corrected chi connectivity index (χ0v) is 11.1. The lowest BCUT2D eigenvalue weighted by atomic mass is 10.2. The molecule has 0 aliphatic heterocycles. The van der Waals surface area contributed by atoms with Gasteiger partial charge in [-0.05, 0) is 17.9 Å². The number of rotatable bonds is 4. The third-order valence-electron chi connectivity index (χ3n) is 2.11. The number of hydrogen-bond acceptors (Lipinski definition) is 5. The number of aryl methyl sites for hydroxylation is 1. The smallest absolute Gasteiger partial charge is 0.350 e. The van der Waals surface area contributed by atoms with Crippen molar-refractivity contribution in [1.82, 2.24) is 5.32 Å². The van der Waals surface area contributed by atoms with Crippen LogP contribution in [0.4, 0.5) is 5.69 Å². The molecule has 1 aromatic rings.